The highest BCUT2D eigenvalue weighted by Crippen LogP contribution is 2.16. The molecule has 2 aromatic rings. The van der Waals surface area contributed by atoms with Gasteiger partial charge in [0.15, 0.2) is 5.82 Å². The number of anilines is 1. The van der Waals surface area contributed by atoms with Crippen LogP contribution in [0.5, 0.6) is 0 Å². The Morgan fingerprint density at radius 3 is 2.31 bits per heavy atom. The largest absolute Gasteiger partial charge is 0.368 e. The summed E-state index contributed by atoms with van der Waals surface area (Å²) in [5.41, 5.74) is 7.85. The highest BCUT2D eigenvalue weighted by Gasteiger charge is 2.03. The van der Waals surface area contributed by atoms with Gasteiger partial charge in [-0.2, -0.15) is 9.97 Å². The molecule has 4 nitrogen and oxygen atoms in total. The van der Waals surface area contributed by atoms with Crippen LogP contribution < -0.4 is 5.73 Å². The molecule has 1 aromatic heterocycles. The predicted octanol–water partition coefficient (Wildman–Crippen LogP) is 1.99. The molecular weight excluding hydrogens is 200 g/mol. The van der Waals surface area contributed by atoms with Crippen molar-refractivity contribution in [2.75, 3.05) is 5.73 Å². The van der Waals surface area contributed by atoms with Crippen molar-refractivity contribution in [2.24, 2.45) is 0 Å². The van der Waals surface area contributed by atoms with Crippen molar-refractivity contribution in [3.8, 4) is 11.4 Å². The van der Waals surface area contributed by atoms with Gasteiger partial charge in [0, 0.05) is 5.56 Å². The third-order valence-electron chi connectivity index (χ3n) is 2.38. The maximum atomic E-state index is 5.59. The summed E-state index contributed by atoms with van der Waals surface area (Å²) in [4.78, 5) is 12.3. The second-order valence-electron chi connectivity index (χ2n) is 3.61. The normalized spacial score (nSPS) is 10.4. The van der Waals surface area contributed by atoms with Crippen LogP contribution in [0.1, 0.15) is 18.3 Å². The Morgan fingerprint density at radius 2 is 1.75 bits per heavy atom. The highest BCUT2D eigenvalue weighted by molar-refractivity contribution is 5.56. The van der Waals surface area contributed by atoms with Crippen molar-refractivity contribution in [3.05, 3.63) is 35.7 Å². The molecule has 0 aliphatic heterocycles. The summed E-state index contributed by atoms with van der Waals surface area (Å²) in [6, 6.07) is 8.16. The van der Waals surface area contributed by atoms with Crippen LogP contribution in [0.2, 0.25) is 0 Å². The van der Waals surface area contributed by atoms with Gasteiger partial charge in [0.25, 0.3) is 0 Å². The molecule has 2 rings (SSSR count). The molecule has 0 fully saturated rings. The monoisotopic (exact) mass is 214 g/mol. The molecule has 0 aliphatic rings. The number of benzene rings is 1. The second kappa shape index (κ2) is 4.26. The lowest BCUT2D eigenvalue weighted by Gasteiger charge is -2.03. The minimum atomic E-state index is 0.266. The Kier molecular flexibility index (Phi) is 2.81. The number of rotatable bonds is 2. The lowest BCUT2D eigenvalue weighted by molar-refractivity contribution is 0.996. The number of nitrogens with zero attached hydrogens (tertiary/aromatic N) is 3. The van der Waals surface area contributed by atoms with Gasteiger partial charge in [-0.3, -0.25) is 0 Å². The van der Waals surface area contributed by atoms with E-state index in [1.807, 2.05) is 19.1 Å². The fourth-order valence-electron chi connectivity index (χ4n) is 1.52. The van der Waals surface area contributed by atoms with Crippen LogP contribution in [0.15, 0.2) is 24.3 Å². The lowest BCUT2D eigenvalue weighted by Crippen LogP contribution is -2.01. The molecule has 0 atom stereocenters. The van der Waals surface area contributed by atoms with Gasteiger partial charge in [0.2, 0.25) is 5.95 Å². The fraction of sp³-hybridized carbons (Fsp3) is 0.250. The van der Waals surface area contributed by atoms with Gasteiger partial charge < -0.3 is 5.73 Å². The molecule has 0 saturated heterocycles. The van der Waals surface area contributed by atoms with E-state index in [0.717, 1.165) is 12.0 Å². The van der Waals surface area contributed by atoms with Crippen LogP contribution in [0, 0.1) is 6.92 Å². The van der Waals surface area contributed by atoms with Gasteiger partial charge in [-0.25, -0.2) is 4.98 Å². The summed E-state index contributed by atoms with van der Waals surface area (Å²) in [6.45, 7) is 3.93. The maximum Gasteiger partial charge on any atom is 0.223 e. The number of aryl methyl sites for hydroxylation is 2. The van der Waals surface area contributed by atoms with Crippen LogP contribution in [0.3, 0.4) is 0 Å². The number of nitrogen functional groups attached to an aromatic ring is 1. The van der Waals surface area contributed by atoms with Gasteiger partial charge in [0.1, 0.15) is 5.82 Å². The quantitative estimate of drug-likeness (QED) is 0.830. The molecule has 0 radical (unpaired) electrons. The van der Waals surface area contributed by atoms with E-state index in [9.17, 15) is 0 Å². The van der Waals surface area contributed by atoms with Crippen molar-refractivity contribution in [1.82, 2.24) is 15.0 Å². The Labute approximate surface area is 94.6 Å². The molecule has 0 spiro atoms. The third kappa shape index (κ3) is 2.16. The van der Waals surface area contributed by atoms with Crippen LogP contribution in [-0.4, -0.2) is 15.0 Å². The zero-order valence-electron chi connectivity index (χ0n) is 9.44. The molecule has 0 bridgehead atoms. The average Bonchev–Trinajstić information content (AvgIpc) is 2.28. The van der Waals surface area contributed by atoms with Crippen molar-refractivity contribution < 1.29 is 0 Å². The van der Waals surface area contributed by atoms with E-state index in [0.29, 0.717) is 11.6 Å². The molecule has 1 aromatic carbocycles. The molecule has 82 valence electrons. The van der Waals surface area contributed by atoms with Gasteiger partial charge in [-0.1, -0.05) is 31.2 Å². The van der Waals surface area contributed by atoms with Crippen LogP contribution in [-0.2, 0) is 6.42 Å². The maximum absolute atomic E-state index is 5.59. The summed E-state index contributed by atoms with van der Waals surface area (Å²) in [5, 5.41) is 0. The molecule has 16 heavy (non-hydrogen) atoms. The SMILES string of the molecule is CCc1ccc(-c2nc(C)nc(N)n2)cc1. The lowest BCUT2D eigenvalue weighted by atomic mass is 10.1. The second-order valence-corrected chi connectivity index (χ2v) is 3.61. The van der Waals surface area contributed by atoms with E-state index in [2.05, 4.69) is 34.0 Å². The minimum absolute atomic E-state index is 0.266. The van der Waals surface area contributed by atoms with Crippen molar-refractivity contribution in [3.63, 3.8) is 0 Å². The number of hydrogen-bond acceptors (Lipinski definition) is 4. The average molecular weight is 214 g/mol. The summed E-state index contributed by atoms with van der Waals surface area (Å²) >= 11 is 0. The summed E-state index contributed by atoms with van der Waals surface area (Å²) < 4.78 is 0. The first kappa shape index (κ1) is 10.5. The standard InChI is InChI=1S/C12H14N4/c1-3-9-4-6-10(7-5-9)11-14-8(2)15-12(13)16-11/h4-7H,3H2,1-2H3,(H2,13,14,15,16). The zero-order valence-corrected chi connectivity index (χ0v) is 9.44. The summed E-state index contributed by atoms with van der Waals surface area (Å²) in [7, 11) is 0. The Hall–Kier alpha value is -1.97. The Bertz CT molecular complexity index is 471. The van der Waals surface area contributed by atoms with Crippen LogP contribution in [0.25, 0.3) is 11.4 Å². The topological polar surface area (TPSA) is 64.7 Å². The van der Waals surface area contributed by atoms with Gasteiger partial charge in [-0.15, -0.1) is 0 Å². The van der Waals surface area contributed by atoms with Crippen molar-refractivity contribution >= 4 is 5.95 Å². The Balaban J connectivity index is 2.42. The third-order valence-corrected chi connectivity index (χ3v) is 2.38. The van der Waals surface area contributed by atoms with Crippen LogP contribution >= 0.6 is 0 Å². The van der Waals surface area contributed by atoms with E-state index in [4.69, 9.17) is 5.73 Å². The number of hydrogen-bond donors (Lipinski definition) is 1. The van der Waals surface area contributed by atoms with Crippen molar-refractivity contribution in [1.29, 1.82) is 0 Å². The number of aromatic nitrogens is 3. The Morgan fingerprint density at radius 1 is 1.06 bits per heavy atom. The van der Waals surface area contributed by atoms with E-state index >= 15 is 0 Å². The van der Waals surface area contributed by atoms with Gasteiger partial charge in [0.05, 0.1) is 0 Å². The van der Waals surface area contributed by atoms with Crippen molar-refractivity contribution in [2.45, 2.75) is 20.3 Å². The number of nitrogens with two attached hydrogens (primary N) is 1. The van der Waals surface area contributed by atoms with E-state index in [1.54, 1.807) is 0 Å². The van der Waals surface area contributed by atoms with Gasteiger partial charge in [-0.05, 0) is 18.9 Å². The first-order chi connectivity index (χ1) is 7.69. The molecule has 0 saturated carbocycles. The smallest absolute Gasteiger partial charge is 0.223 e. The fourth-order valence-corrected chi connectivity index (χ4v) is 1.52. The molecule has 1 heterocycles. The predicted molar refractivity (Wildman–Crippen MR) is 63.8 cm³/mol. The van der Waals surface area contributed by atoms with E-state index in [-0.39, 0.29) is 5.95 Å². The first-order valence-corrected chi connectivity index (χ1v) is 5.26. The summed E-state index contributed by atoms with van der Waals surface area (Å²) in [5.74, 6) is 1.54. The van der Waals surface area contributed by atoms with Crippen LogP contribution in [0.4, 0.5) is 5.95 Å². The minimum Gasteiger partial charge on any atom is -0.368 e. The zero-order chi connectivity index (χ0) is 11.5. The first-order valence-electron chi connectivity index (χ1n) is 5.26. The molecule has 2 N–H and O–H groups in total. The molecule has 0 unspecified atom stereocenters. The molecule has 4 heteroatoms. The molecular formula is C12H14N4. The molecule has 0 aliphatic carbocycles. The molecule has 0 amide bonds. The highest BCUT2D eigenvalue weighted by atomic mass is 15.1. The summed E-state index contributed by atoms with van der Waals surface area (Å²) in [6.07, 6.45) is 1.03. The van der Waals surface area contributed by atoms with E-state index in [1.165, 1.54) is 5.56 Å². The van der Waals surface area contributed by atoms with E-state index < -0.39 is 0 Å². The van der Waals surface area contributed by atoms with Gasteiger partial charge >= 0.3 is 0 Å².